The number of alkyl halides is 2. The lowest BCUT2D eigenvalue weighted by Crippen LogP contribution is -2.47. The first-order valence-electron chi connectivity index (χ1n) is 5.36. The van der Waals surface area contributed by atoms with Crippen molar-refractivity contribution >= 4 is 40.5 Å². The van der Waals surface area contributed by atoms with Crippen LogP contribution < -0.4 is 4.90 Å². The molecule has 0 aromatic heterocycles. The molecule has 1 fully saturated rings. The molecule has 0 unspecified atom stereocenters. The molecule has 2 rings (SSSR count). The van der Waals surface area contributed by atoms with E-state index in [0.29, 0.717) is 25.1 Å². The zero-order chi connectivity index (χ0) is 13.3. The molecule has 1 aliphatic rings. The lowest BCUT2D eigenvalue weighted by Gasteiger charge is -2.33. The predicted molar refractivity (Wildman–Crippen MR) is 69.1 cm³/mol. The van der Waals surface area contributed by atoms with Gasteiger partial charge in [-0.1, -0.05) is 23.2 Å². The van der Waals surface area contributed by atoms with Gasteiger partial charge in [-0.3, -0.25) is 14.9 Å². The number of non-ortho nitro benzene ring substituents is 1. The number of nitro benzene ring substituents is 1. The number of hydrogen-bond acceptors (Lipinski definition) is 3. The van der Waals surface area contributed by atoms with Gasteiger partial charge in [0.15, 0.2) is 4.33 Å². The monoisotopic (exact) mass is 290 g/mol. The van der Waals surface area contributed by atoms with Crippen LogP contribution in [0.4, 0.5) is 11.4 Å². The Morgan fingerprint density at radius 3 is 2.50 bits per heavy atom. The van der Waals surface area contributed by atoms with Gasteiger partial charge in [0.05, 0.1) is 4.92 Å². The van der Waals surface area contributed by atoms with E-state index < -0.39 is 9.26 Å². The highest BCUT2D eigenvalue weighted by molar-refractivity contribution is 6.59. The van der Waals surface area contributed by atoms with Crippen LogP contribution in [0.1, 0.15) is 12.8 Å². The average Bonchev–Trinajstić information content (AvgIpc) is 2.33. The fourth-order valence-electron chi connectivity index (χ4n) is 1.87. The fraction of sp³-hybridized carbons (Fsp3) is 0.364. The molecule has 1 heterocycles. The molecule has 0 bridgehead atoms. The molecule has 5 nitrogen and oxygen atoms in total. The van der Waals surface area contributed by atoms with Crippen LogP contribution in [-0.4, -0.2) is 21.7 Å². The van der Waals surface area contributed by atoms with E-state index in [1.165, 1.54) is 29.2 Å². The molecular weight excluding hydrogens is 281 g/mol. The first-order valence-corrected chi connectivity index (χ1v) is 6.12. The van der Waals surface area contributed by atoms with Crippen molar-refractivity contribution in [3.05, 3.63) is 34.4 Å². The number of nitrogens with zero attached hydrogens (tertiary/aromatic N) is 2. The van der Waals surface area contributed by atoms with Gasteiger partial charge in [-0.25, -0.2) is 0 Å². The normalized spacial score (nSPS) is 18.8. The van der Waals surface area contributed by atoms with E-state index in [9.17, 15) is 14.9 Å². The molecule has 1 saturated heterocycles. The lowest BCUT2D eigenvalue weighted by atomic mass is 10.2. The third-order valence-corrected chi connectivity index (χ3v) is 3.50. The van der Waals surface area contributed by atoms with E-state index in [-0.39, 0.29) is 11.6 Å². The molecule has 96 valence electrons. The molecule has 1 aromatic carbocycles. The van der Waals surface area contributed by atoms with Gasteiger partial charge in [-0.05, 0) is 25.0 Å². The Kier molecular flexibility index (Phi) is 3.45. The van der Waals surface area contributed by atoms with Crippen molar-refractivity contribution in [3.8, 4) is 0 Å². The van der Waals surface area contributed by atoms with Gasteiger partial charge in [0, 0.05) is 24.4 Å². The van der Waals surface area contributed by atoms with Crippen molar-refractivity contribution < 1.29 is 9.72 Å². The Bertz CT molecular complexity index is 488. The molecule has 1 aromatic rings. The summed E-state index contributed by atoms with van der Waals surface area (Å²) in [4.78, 5) is 23.5. The second kappa shape index (κ2) is 4.74. The van der Waals surface area contributed by atoms with Gasteiger partial charge in [0.1, 0.15) is 0 Å². The van der Waals surface area contributed by atoms with Crippen molar-refractivity contribution in [1.82, 2.24) is 0 Å². The summed E-state index contributed by atoms with van der Waals surface area (Å²) in [6, 6.07) is 5.74. The SMILES string of the molecule is O=[14C]1N(c2ccc([N+](=O)[O-])cc2)CCCC1(Cl)Cl. The minimum atomic E-state index is -1.40. The average molecular weight is 291 g/mol. The maximum atomic E-state index is 12.0. The molecule has 18 heavy (non-hydrogen) atoms. The van der Waals surface area contributed by atoms with E-state index in [2.05, 4.69) is 0 Å². The summed E-state index contributed by atoms with van der Waals surface area (Å²) in [5.41, 5.74) is 0.544. The fourth-order valence-corrected chi connectivity index (χ4v) is 2.34. The summed E-state index contributed by atoms with van der Waals surface area (Å²) < 4.78 is -1.40. The molecule has 0 N–H and O–H groups in total. The number of anilines is 1. The smallest absolute Gasteiger partial charge is 0.269 e. The number of carbonyl (C=O) groups is 1. The molecule has 0 aliphatic carbocycles. The van der Waals surface area contributed by atoms with Crippen LogP contribution in [-0.2, 0) is 4.79 Å². The highest BCUT2D eigenvalue weighted by Gasteiger charge is 2.41. The summed E-state index contributed by atoms with van der Waals surface area (Å²) in [7, 11) is 0. The minimum Gasteiger partial charge on any atom is -0.310 e. The number of rotatable bonds is 2. The van der Waals surface area contributed by atoms with Crippen molar-refractivity contribution in [2.24, 2.45) is 0 Å². The van der Waals surface area contributed by atoms with Crippen LogP contribution >= 0.6 is 23.2 Å². The molecule has 1 amide bonds. The summed E-state index contributed by atoms with van der Waals surface area (Å²) in [6.45, 7) is 0.512. The van der Waals surface area contributed by atoms with Crippen LogP contribution in [0.2, 0.25) is 0 Å². The molecule has 7 heteroatoms. The lowest BCUT2D eigenvalue weighted by molar-refractivity contribution is -0.384. The summed E-state index contributed by atoms with van der Waals surface area (Å²) in [5.74, 6) is -0.383. The first-order chi connectivity index (χ1) is 8.42. The number of carbonyl (C=O) groups excluding carboxylic acids is 1. The predicted octanol–water partition coefficient (Wildman–Crippen LogP) is 2.90. The number of nitro groups is 1. The Morgan fingerprint density at radius 2 is 1.94 bits per heavy atom. The maximum absolute atomic E-state index is 12.0. The van der Waals surface area contributed by atoms with Crippen LogP contribution in [0.15, 0.2) is 24.3 Å². The maximum Gasteiger partial charge on any atom is 0.269 e. The largest absolute Gasteiger partial charge is 0.310 e. The molecule has 0 saturated carbocycles. The van der Waals surface area contributed by atoms with E-state index in [0.717, 1.165) is 0 Å². The van der Waals surface area contributed by atoms with Crippen LogP contribution in [0.3, 0.4) is 0 Å². The Balaban J connectivity index is 2.26. The molecular formula is C11H10Cl2N2O3. The van der Waals surface area contributed by atoms with Gasteiger partial charge in [-0.15, -0.1) is 0 Å². The van der Waals surface area contributed by atoms with Gasteiger partial charge < -0.3 is 4.90 Å². The van der Waals surface area contributed by atoms with E-state index in [4.69, 9.17) is 23.2 Å². The van der Waals surface area contributed by atoms with Crippen LogP contribution in [0.25, 0.3) is 0 Å². The van der Waals surface area contributed by atoms with Crippen LogP contribution in [0.5, 0.6) is 0 Å². The summed E-state index contributed by atoms with van der Waals surface area (Å²) in [5, 5.41) is 10.5. The second-order valence-corrected chi connectivity index (χ2v) is 5.52. The van der Waals surface area contributed by atoms with Crippen molar-refractivity contribution in [1.29, 1.82) is 0 Å². The molecule has 1 aliphatic heterocycles. The highest BCUT2D eigenvalue weighted by atomic mass is 35.5. The van der Waals surface area contributed by atoms with Gasteiger partial charge in [-0.2, -0.15) is 0 Å². The zero-order valence-corrected chi connectivity index (χ0v) is 10.8. The standard InChI is InChI=1S/C11H10Cl2N2O3/c12-11(13)6-1-7-14(10(11)16)8-2-4-9(5-3-8)15(17)18/h2-5H,1,6-7H2/i10+2. The van der Waals surface area contributed by atoms with Gasteiger partial charge in [0.2, 0.25) is 0 Å². The highest BCUT2D eigenvalue weighted by Crippen LogP contribution is 2.35. The number of piperidine rings is 1. The third kappa shape index (κ3) is 2.42. The van der Waals surface area contributed by atoms with Gasteiger partial charge in [0.25, 0.3) is 11.6 Å². The quantitative estimate of drug-likeness (QED) is 0.478. The molecule has 0 radical (unpaired) electrons. The second-order valence-electron chi connectivity index (χ2n) is 4.04. The Labute approximate surface area is 113 Å². The van der Waals surface area contributed by atoms with Crippen molar-refractivity contribution in [3.63, 3.8) is 0 Å². The van der Waals surface area contributed by atoms with Crippen molar-refractivity contribution in [2.75, 3.05) is 11.4 Å². The number of amides is 1. The molecule has 0 spiro atoms. The Morgan fingerprint density at radius 1 is 1.33 bits per heavy atom. The number of hydrogen-bond donors (Lipinski definition) is 0. The number of halogens is 2. The Hall–Kier alpha value is -1.33. The first kappa shape index (κ1) is 13.1. The molecule has 0 atom stereocenters. The van der Waals surface area contributed by atoms with E-state index >= 15 is 0 Å². The van der Waals surface area contributed by atoms with Crippen molar-refractivity contribution in [2.45, 2.75) is 17.2 Å². The van der Waals surface area contributed by atoms with E-state index in [1.807, 2.05) is 0 Å². The van der Waals surface area contributed by atoms with Gasteiger partial charge >= 0.3 is 0 Å². The summed E-state index contributed by atoms with van der Waals surface area (Å²) >= 11 is 11.8. The third-order valence-electron chi connectivity index (χ3n) is 2.80. The topological polar surface area (TPSA) is 63.5 Å². The van der Waals surface area contributed by atoms with E-state index in [1.54, 1.807) is 0 Å². The zero-order valence-electron chi connectivity index (χ0n) is 9.31. The van der Waals surface area contributed by atoms with Crippen LogP contribution in [0, 0.1) is 10.1 Å². The minimum absolute atomic E-state index is 0.0220. The number of benzene rings is 1. The summed E-state index contributed by atoms with van der Waals surface area (Å²) in [6.07, 6.45) is 1.11.